The molecule has 0 unspecified atom stereocenters. The van der Waals surface area contributed by atoms with Gasteiger partial charge in [-0.3, -0.25) is 9.59 Å². The first-order valence-corrected chi connectivity index (χ1v) is 5.58. The quantitative estimate of drug-likeness (QED) is 0.668. The number of carbonyl (C=O) groups excluding carboxylic acids is 2. The Morgan fingerprint density at radius 1 is 1.38 bits per heavy atom. The predicted octanol–water partition coefficient (Wildman–Crippen LogP) is 2.78. The zero-order chi connectivity index (χ0) is 12.1. The maximum Gasteiger partial charge on any atom is 0.231 e. The van der Waals surface area contributed by atoms with Crippen LogP contribution >= 0.6 is 23.2 Å². The summed E-state index contributed by atoms with van der Waals surface area (Å²) < 4.78 is 0. The van der Waals surface area contributed by atoms with Crippen LogP contribution in [0.25, 0.3) is 0 Å². The normalized spacial score (nSPS) is 9.94. The van der Waals surface area contributed by atoms with Gasteiger partial charge < -0.3 is 5.32 Å². The van der Waals surface area contributed by atoms with E-state index in [9.17, 15) is 9.59 Å². The molecule has 0 radical (unpaired) electrons. The monoisotopic (exact) mass is 259 g/mol. The highest BCUT2D eigenvalue weighted by atomic mass is 35.5. The summed E-state index contributed by atoms with van der Waals surface area (Å²) in [6.45, 7) is 1.87. The van der Waals surface area contributed by atoms with Gasteiger partial charge in [0.15, 0.2) is 5.78 Å². The van der Waals surface area contributed by atoms with Crippen molar-refractivity contribution in [3.63, 3.8) is 0 Å². The highest BCUT2D eigenvalue weighted by Crippen LogP contribution is 2.19. The number of amides is 1. The first kappa shape index (κ1) is 13.0. The maximum atomic E-state index is 11.3. The second-order valence-electron chi connectivity index (χ2n) is 3.36. The lowest BCUT2D eigenvalue weighted by atomic mass is 10.2. The lowest BCUT2D eigenvalue weighted by molar-refractivity contribution is -0.124. The van der Waals surface area contributed by atoms with E-state index in [1.54, 1.807) is 18.2 Å². The van der Waals surface area contributed by atoms with Crippen LogP contribution in [-0.2, 0) is 9.59 Å². The van der Waals surface area contributed by atoms with Crippen LogP contribution in [0.1, 0.15) is 12.0 Å². The van der Waals surface area contributed by atoms with Crippen LogP contribution in [0.2, 0.25) is 5.02 Å². The molecular weight excluding hydrogens is 249 g/mol. The SMILES string of the molecule is Cc1ccc(NC(=O)CC(=O)CCl)cc1Cl. The van der Waals surface area contributed by atoms with Crippen LogP contribution in [0.4, 0.5) is 5.69 Å². The number of nitrogens with one attached hydrogen (secondary N) is 1. The highest BCUT2D eigenvalue weighted by molar-refractivity contribution is 6.31. The molecule has 1 rings (SSSR count). The Balaban J connectivity index is 2.63. The molecule has 3 nitrogen and oxygen atoms in total. The maximum absolute atomic E-state index is 11.3. The number of alkyl halides is 1. The van der Waals surface area contributed by atoms with E-state index in [1.807, 2.05) is 6.92 Å². The van der Waals surface area contributed by atoms with Crippen molar-refractivity contribution in [2.45, 2.75) is 13.3 Å². The molecule has 0 saturated heterocycles. The minimum Gasteiger partial charge on any atom is -0.326 e. The van der Waals surface area contributed by atoms with Crippen molar-refractivity contribution in [3.8, 4) is 0 Å². The third-order valence-corrected chi connectivity index (χ3v) is 2.67. The Morgan fingerprint density at radius 3 is 2.62 bits per heavy atom. The van der Waals surface area contributed by atoms with Gasteiger partial charge in [-0.2, -0.15) is 0 Å². The average Bonchev–Trinajstić information content (AvgIpc) is 2.23. The van der Waals surface area contributed by atoms with Crippen molar-refractivity contribution in [3.05, 3.63) is 28.8 Å². The number of aryl methyl sites for hydroxylation is 1. The van der Waals surface area contributed by atoms with Crippen LogP contribution < -0.4 is 5.32 Å². The molecule has 0 bridgehead atoms. The Labute approximate surface area is 104 Å². The van der Waals surface area contributed by atoms with Crippen LogP contribution in [0, 0.1) is 6.92 Å². The van der Waals surface area contributed by atoms with E-state index in [2.05, 4.69) is 5.32 Å². The summed E-state index contributed by atoms with van der Waals surface area (Å²) in [6.07, 6.45) is -0.213. The smallest absolute Gasteiger partial charge is 0.231 e. The second-order valence-corrected chi connectivity index (χ2v) is 4.04. The topological polar surface area (TPSA) is 46.2 Å². The number of carbonyl (C=O) groups is 2. The Bertz CT molecular complexity index is 418. The van der Waals surface area contributed by atoms with Gasteiger partial charge in [0.1, 0.15) is 0 Å². The molecule has 1 N–H and O–H groups in total. The van der Waals surface area contributed by atoms with E-state index < -0.39 is 0 Å². The fourth-order valence-electron chi connectivity index (χ4n) is 1.10. The molecule has 0 saturated carbocycles. The minimum atomic E-state index is -0.384. The van der Waals surface area contributed by atoms with E-state index in [1.165, 1.54) is 0 Å². The van der Waals surface area contributed by atoms with Gasteiger partial charge >= 0.3 is 0 Å². The molecule has 0 aliphatic heterocycles. The van der Waals surface area contributed by atoms with E-state index in [0.29, 0.717) is 10.7 Å². The van der Waals surface area contributed by atoms with Gasteiger partial charge in [-0.05, 0) is 24.6 Å². The molecule has 16 heavy (non-hydrogen) atoms. The molecule has 1 aromatic rings. The molecule has 86 valence electrons. The van der Waals surface area contributed by atoms with Crippen molar-refractivity contribution < 1.29 is 9.59 Å². The summed E-state index contributed by atoms with van der Waals surface area (Å²) in [5.41, 5.74) is 1.50. The zero-order valence-electron chi connectivity index (χ0n) is 8.72. The second kappa shape index (κ2) is 5.87. The van der Waals surface area contributed by atoms with Gasteiger partial charge in [0.05, 0.1) is 12.3 Å². The number of benzene rings is 1. The van der Waals surface area contributed by atoms with Gasteiger partial charge in [-0.25, -0.2) is 0 Å². The van der Waals surface area contributed by atoms with Gasteiger partial charge in [-0.15, -0.1) is 11.6 Å². The van der Waals surface area contributed by atoms with Crippen LogP contribution in [-0.4, -0.2) is 17.6 Å². The van der Waals surface area contributed by atoms with Gasteiger partial charge in [0.2, 0.25) is 5.91 Å². The molecule has 1 amide bonds. The molecule has 0 aliphatic rings. The lowest BCUT2D eigenvalue weighted by Crippen LogP contribution is -2.17. The summed E-state index contributed by atoms with van der Waals surface area (Å²) in [4.78, 5) is 22.3. The fraction of sp³-hybridized carbons (Fsp3) is 0.273. The van der Waals surface area contributed by atoms with E-state index in [4.69, 9.17) is 23.2 Å². The largest absolute Gasteiger partial charge is 0.326 e. The molecule has 0 aromatic heterocycles. The summed E-state index contributed by atoms with van der Waals surface area (Å²) in [5.74, 6) is -0.842. The fourth-order valence-corrected chi connectivity index (χ4v) is 1.38. The molecule has 5 heteroatoms. The highest BCUT2D eigenvalue weighted by Gasteiger charge is 2.08. The number of hydrogen-bond acceptors (Lipinski definition) is 2. The summed E-state index contributed by atoms with van der Waals surface area (Å²) >= 11 is 11.2. The first-order valence-electron chi connectivity index (χ1n) is 4.66. The zero-order valence-corrected chi connectivity index (χ0v) is 10.2. The van der Waals surface area contributed by atoms with Crippen molar-refractivity contribution >= 4 is 40.6 Å². The number of Topliss-reactive ketones (excluding diaryl/α,β-unsaturated/α-hetero) is 1. The number of rotatable bonds is 4. The van der Waals surface area contributed by atoms with Crippen molar-refractivity contribution in [2.75, 3.05) is 11.2 Å². The molecule has 0 fully saturated rings. The van der Waals surface area contributed by atoms with Crippen molar-refractivity contribution in [2.24, 2.45) is 0 Å². The number of halogens is 2. The molecule has 0 atom stereocenters. The third kappa shape index (κ3) is 3.83. The van der Waals surface area contributed by atoms with Gasteiger partial charge in [0, 0.05) is 10.7 Å². The average molecular weight is 260 g/mol. The van der Waals surface area contributed by atoms with Crippen LogP contribution in [0.5, 0.6) is 0 Å². The molecule has 1 aromatic carbocycles. The number of ketones is 1. The Morgan fingerprint density at radius 2 is 2.06 bits per heavy atom. The minimum absolute atomic E-state index is 0.151. The summed E-state index contributed by atoms with van der Waals surface area (Å²) in [7, 11) is 0. The molecule has 0 spiro atoms. The Hall–Kier alpha value is -1.06. The van der Waals surface area contributed by atoms with Crippen LogP contribution in [0.3, 0.4) is 0 Å². The summed E-state index contributed by atoms with van der Waals surface area (Å²) in [5, 5.41) is 3.14. The molecule has 0 aliphatic carbocycles. The van der Waals surface area contributed by atoms with E-state index >= 15 is 0 Å². The van der Waals surface area contributed by atoms with Gasteiger partial charge in [0.25, 0.3) is 0 Å². The number of anilines is 1. The third-order valence-electron chi connectivity index (χ3n) is 1.96. The Kier molecular flexibility index (Phi) is 4.77. The predicted molar refractivity (Wildman–Crippen MR) is 65.2 cm³/mol. The molecule has 0 heterocycles. The number of hydrogen-bond donors (Lipinski definition) is 1. The molecular formula is C11H11Cl2NO2. The van der Waals surface area contributed by atoms with Gasteiger partial charge in [-0.1, -0.05) is 17.7 Å². The van der Waals surface area contributed by atoms with Crippen LogP contribution in [0.15, 0.2) is 18.2 Å². The van der Waals surface area contributed by atoms with Crippen molar-refractivity contribution in [1.82, 2.24) is 0 Å². The lowest BCUT2D eigenvalue weighted by Gasteiger charge is -2.05. The first-order chi connectivity index (χ1) is 7.52. The standard InChI is InChI=1S/C11H11Cl2NO2/c1-7-2-3-8(4-10(7)13)14-11(16)5-9(15)6-12/h2-4H,5-6H2,1H3,(H,14,16). The summed E-state index contributed by atoms with van der Waals surface area (Å²) in [6, 6.07) is 5.16. The van der Waals surface area contributed by atoms with E-state index in [0.717, 1.165) is 5.56 Å². The van der Waals surface area contributed by atoms with E-state index in [-0.39, 0.29) is 24.0 Å². The van der Waals surface area contributed by atoms with Crippen molar-refractivity contribution in [1.29, 1.82) is 0 Å².